The van der Waals surface area contributed by atoms with E-state index in [1.165, 1.54) is 0 Å². The van der Waals surface area contributed by atoms with Gasteiger partial charge in [0.15, 0.2) is 0 Å². The average Bonchev–Trinajstić information content (AvgIpc) is 2.72. The first-order valence-corrected chi connectivity index (χ1v) is 7.96. The highest BCUT2D eigenvalue weighted by molar-refractivity contribution is 6.64. The Hall–Kier alpha value is -1.37. The van der Waals surface area contributed by atoms with Crippen LogP contribution in [0.15, 0.2) is 18.2 Å². The van der Waals surface area contributed by atoms with Crippen molar-refractivity contribution in [1.82, 2.24) is 0 Å². The summed E-state index contributed by atoms with van der Waals surface area (Å²) in [6.45, 7) is 9.86. The van der Waals surface area contributed by atoms with Crippen LogP contribution in [0.25, 0.3) is 0 Å². The molecule has 0 aromatic heterocycles. The van der Waals surface area contributed by atoms with Crippen molar-refractivity contribution >= 4 is 18.9 Å². The fourth-order valence-electron chi connectivity index (χ4n) is 2.31. The molecule has 1 aliphatic heterocycles. The molecule has 1 saturated heterocycles. The molecule has 0 spiro atoms. The van der Waals surface area contributed by atoms with Gasteiger partial charge >= 0.3 is 7.12 Å². The fourth-order valence-corrected chi connectivity index (χ4v) is 2.31. The normalized spacial score (nSPS) is 20.3. The summed E-state index contributed by atoms with van der Waals surface area (Å²) in [5, 5.41) is 9.71. The molecule has 1 unspecified atom stereocenters. The summed E-state index contributed by atoms with van der Waals surface area (Å²) < 4.78 is 17.8. The van der Waals surface area contributed by atoms with Gasteiger partial charge in [-0.15, -0.1) is 0 Å². The molecule has 1 N–H and O–H groups in total. The zero-order valence-corrected chi connectivity index (χ0v) is 14.5. The van der Waals surface area contributed by atoms with Crippen molar-refractivity contribution in [2.24, 2.45) is 0 Å². The van der Waals surface area contributed by atoms with Crippen LogP contribution in [-0.2, 0) is 9.31 Å². The minimum atomic E-state index is -0.685. The Labute approximate surface area is 138 Å². The van der Waals surface area contributed by atoms with Gasteiger partial charge in [-0.2, -0.15) is 0 Å². The van der Waals surface area contributed by atoms with Crippen molar-refractivity contribution in [3.05, 3.63) is 23.8 Å². The number of carbonyl (C=O) groups is 1. The van der Waals surface area contributed by atoms with Crippen molar-refractivity contribution in [1.29, 1.82) is 0 Å². The smallest absolute Gasteiger partial charge is 0.491 e. The van der Waals surface area contributed by atoms with E-state index in [0.717, 1.165) is 6.29 Å². The molecule has 2 rings (SSSR count). The number of aliphatic hydroxyl groups excluding tert-OH is 1. The third kappa shape index (κ3) is 3.60. The zero-order valence-electron chi connectivity index (χ0n) is 14.5. The van der Waals surface area contributed by atoms with E-state index < -0.39 is 24.4 Å². The highest BCUT2D eigenvalue weighted by Gasteiger charge is 2.53. The first-order chi connectivity index (χ1) is 10.7. The molecular weight excluding hydrogens is 295 g/mol. The molecule has 1 atom stereocenters. The number of ether oxygens (including phenoxy) is 1. The first-order valence-electron chi connectivity index (χ1n) is 7.96. The van der Waals surface area contributed by atoms with Crippen LogP contribution in [0.3, 0.4) is 0 Å². The monoisotopic (exact) mass is 320 g/mol. The van der Waals surface area contributed by atoms with Gasteiger partial charge in [-0.3, -0.25) is 4.79 Å². The minimum absolute atomic E-state index is 0.158. The van der Waals surface area contributed by atoms with E-state index in [0.29, 0.717) is 23.2 Å². The summed E-state index contributed by atoms with van der Waals surface area (Å²) in [6.07, 6.45) is 0.809. The lowest BCUT2D eigenvalue weighted by Crippen LogP contribution is -2.41. The second kappa shape index (κ2) is 6.63. The quantitative estimate of drug-likeness (QED) is 0.641. The molecule has 126 valence electrons. The van der Waals surface area contributed by atoms with E-state index in [9.17, 15) is 9.90 Å². The molecule has 23 heavy (non-hydrogen) atoms. The summed E-state index contributed by atoms with van der Waals surface area (Å²) in [7, 11) is -0.685. The lowest BCUT2D eigenvalue weighted by atomic mass is 9.75. The third-order valence-corrected chi connectivity index (χ3v) is 4.62. The van der Waals surface area contributed by atoms with Gasteiger partial charge in [0, 0.05) is 11.0 Å². The average molecular weight is 320 g/mol. The lowest BCUT2D eigenvalue weighted by Gasteiger charge is -2.32. The van der Waals surface area contributed by atoms with Crippen molar-refractivity contribution in [3.8, 4) is 5.75 Å². The van der Waals surface area contributed by atoms with Gasteiger partial charge in [0.1, 0.15) is 18.6 Å². The van der Waals surface area contributed by atoms with E-state index >= 15 is 0 Å². The minimum Gasteiger partial charge on any atom is -0.491 e. The predicted octanol–water partition coefficient (Wildman–Crippen LogP) is 1.95. The number of aldehydes is 1. The van der Waals surface area contributed by atoms with Gasteiger partial charge in [0.2, 0.25) is 0 Å². The van der Waals surface area contributed by atoms with E-state index in [4.69, 9.17) is 14.0 Å². The lowest BCUT2D eigenvalue weighted by molar-refractivity contribution is 0.00578. The van der Waals surface area contributed by atoms with Crippen molar-refractivity contribution in [3.63, 3.8) is 0 Å². The van der Waals surface area contributed by atoms with Crippen LogP contribution < -0.4 is 10.2 Å². The van der Waals surface area contributed by atoms with Gasteiger partial charge < -0.3 is 19.2 Å². The van der Waals surface area contributed by atoms with E-state index in [2.05, 4.69) is 0 Å². The Kier molecular flexibility index (Phi) is 5.18. The molecular formula is C17H25BO5. The van der Waals surface area contributed by atoms with Crippen LogP contribution in [0.4, 0.5) is 0 Å². The standard InChI is InChI=1S/C17H25BO5/c1-6-13(20)11-21-14-9-7-8-12(10-19)15(14)18-22-16(2,3)17(4,5)23-18/h7-10,13,20H,6,11H2,1-5H3. The zero-order chi connectivity index (χ0) is 17.3. The molecule has 0 amide bonds. The van der Waals surface area contributed by atoms with Crippen LogP contribution >= 0.6 is 0 Å². The summed E-state index contributed by atoms with van der Waals surface area (Å²) >= 11 is 0. The predicted molar refractivity (Wildman–Crippen MR) is 89.3 cm³/mol. The van der Waals surface area contributed by atoms with Gasteiger partial charge in [0.25, 0.3) is 0 Å². The Bertz CT molecular complexity index is 554. The van der Waals surface area contributed by atoms with Crippen molar-refractivity contribution in [2.75, 3.05) is 6.61 Å². The number of carbonyl (C=O) groups excluding carboxylic acids is 1. The largest absolute Gasteiger partial charge is 0.499 e. The number of hydrogen-bond donors (Lipinski definition) is 1. The number of aliphatic hydroxyl groups is 1. The molecule has 0 saturated carbocycles. The molecule has 1 fully saturated rings. The third-order valence-electron chi connectivity index (χ3n) is 4.62. The first kappa shape index (κ1) is 18.0. The maximum Gasteiger partial charge on any atom is 0.499 e. The molecule has 1 aliphatic rings. The molecule has 0 bridgehead atoms. The van der Waals surface area contributed by atoms with Gasteiger partial charge in [0.05, 0.1) is 17.3 Å². The Morgan fingerprint density at radius 2 is 1.87 bits per heavy atom. The summed E-state index contributed by atoms with van der Waals surface area (Å²) in [5.41, 5.74) is 0.0262. The van der Waals surface area contributed by atoms with Gasteiger partial charge in [-0.1, -0.05) is 19.1 Å². The molecule has 1 heterocycles. The SMILES string of the molecule is CCC(O)COc1cccc(C=O)c1B1OC(C)(C)C(C)(C)O1. The molecule has 5 nitrogen and oxygen atoms in total. The van der Waals surface area contributed by atoms with Gasteiger partial charge in [-0.05, 0) is 40.2 Å². The highest BCUT2D eigenvalue weighted by atomic mass is 16.7. The topological polar surface area (TPSA) is 65.0 Å². The summed E-state index contributed by atoms with van der Waals surface area (Å²) in [4.78, 5) is 11.4. The maximum absolute atomic E-state index is 11.4. The summed E-state index contributed by atoms with van der Waals surface area (Å²) in [6, 6.07) is 5.21. The molecule has 1 aromatic carbocycles. The highest BCUT2D eigenvalue weighted by Crippen LogP contribution is 2.37. The fraction of sp³-hybridized carbons (Fsp3) is 0.588. The van der Waals surface area contributed by atoms with Crippen LogP contribution in [0.2, 0.25) is 0 Å². The molecule has 0 radical (unpaired) electrons. The number of rotatable bonds is 6. The van der Waals surface area contributed by atoms with Crippen LogP contribution in [0, 0.1) is 0 Å². The molecule has 6 heteroatoms. The Morgan fingerprint density at radius 3 is 2.39 bits per heavy atom. The van der Waals surface area contributed by atoms with Crippen LogP contribution in [0.5, 0.6) is 5.75 Å². The molecule has 0 aliphatic carbocycles. The van der Waals surface area contributed by atoms with E-state index in [-0.39, 0.29) is 6.61 Å². The number of hydrogen-bond acceptors (Lipinski definition) is 5. The van der Waals surface area contributed by atoms with Gasteiger partial charge in [-0.25, -0.2) is 0 Å². The van der Waals surface area contributed by atoms with Crippen molar-refractivity contribution < 1.29 is 23.9 Å². The van der Waals surface area contributed by atoms with Crippen LogP contribution in [0.1, 0.15) is 51.4 Å². The Balaban J connectivity index is 2.35. The summed E-state index contributed by atoms with van der Waals surface area (Å²) in [5.74, 6) is 0.501. The molecule has 1 aromatic rings. The van der Waals surface area contributed by atoms with Crippen molar-refractivity contribution in [2.45, 2.75) is 58.3 Å². The second-order valence-electron chi connectivity index (χ2n) is 6.84. The number of benzene rings is 1. The van der Waals surface area contributed by atoms with Crippen LogP contribution in [-0.4, -0.2) is 42.4 Å². The maximum atomic E-state index is 11.4. The van der Waals surface area contributed by atoms with E-state index in [1.54, 1.807) is 18.2 Å². The van der Waals surface area contributed by atoms with E-state index in [1.807, 2.05) is 34.6 Å². The second-order valence-corrected chi connectivity index (χ2v) is 6.84. The Morgan fingerprint density at radius 1 is 1.26 bits per heavy atom.